The Bertz CT molecular complexity index is 230. The molecule has 1 saturated carbocycles. The monoisotopic (exact) mass is 212 g/mol. The van der Waals surface area contributed by atoms with Gasteiger partial charge in [0.2, 0.25) is 0 Å². The van der Waals surface area contributed by atoms with Gasteiger partial charge in [-0.15, -0.1) is 0 Å². The molecule has 0 amide bonds. The van der Waals surface area contributed by atoms with E-state index >= 15 is 0 Å². The zero-order valence-corrected chi connectivity index (χ0v) is 9.58. The number of methoxy groups -OCH3 is 1. The molecule has 1 heterocycles. The summed E-state index contributed by atoms with van der Waals surface area (Å²) in [6, 6.07) is 0.483. The molecular weight excluding hydrogens is 190 g/mol. The van der Waals surface area contributed by atoms with Gasteiger partial charge in [-0.05, 0) is 18.8 Å². The first-order valence-electron chi connectivity index (χ1n) is 6.19. The van der Waals surface area contributed by atoms with Gasteiger partial charge in [-0.1, -0.05) is 12.8 Å². The summed E-state index contributed by atoms with van der Waals surface area (Å²) in [6.07, 6.45) is 7.42. The summed E-state index contributed by atoms with van der Waals surface area (Å²) in [4.78, 5) is 11.2. The minimum absolute atomic E-state index is 0.0505. The zero-order chi connectivity index (χ0) is 10.7. The number of fused-ring (bicyclic) bond motifs is 1. The van der Waals surface area contributed by atoms with Gasteiger partial charge in [0.15, 0.2) is 0 Å². The molecule has 0 spiro atoms. The average molecular weight is 212 g/mol. The molecule has 2 fully saturated rings. The Hall–Kier alpha value is -0.570. The molecule has 3 atom stereocenters. The SMILES string of the molecule is COC(=O)C[C@H]1C[C@H]2CCCC[C@@H]2C[NH2+]1. The molecule has 0 aromatic rings. The standard InChI is InChI=1S/C12H21NO2/c1-15-12(14)7-11-6-9-4-2-3-5-10(9)8-13-11/h9-11,13H,2-8H2,1H3/p+1/t9-,10-,11-/m1/s1. The van der Waals surface area contributed by atoms with E-state index in [0.717, 1.165) is 11.8 Å². The van der Waals surface area contributed by atoms with Gasteiger partial charge >= 0.3 is 5.97 Å². The molecule has 0 aromatic carbocycles. The second-order valence-electron chi connectivity index (χ2n) is 5.05. The van der Waals surface area contributed by atoms with Crippen molar-refractivity contribution in [2.45, 2.75) is 44.6 Å². The van der Waals surface area contributed by atoms with Crippen LogP contribution in [-0.4, -0.2) is 25.7 Å². The smallest absolute Gasteiger partial charge is 0.311 e. The Labute approximate surface area is 91.6 Å². The van der Waals surface area contributed by atoms with Crippen molar-refractivity contribution in [2.24, 2.45) is 11.8 Å². The molecule has 0 bridgehead atoms. The normalized spacial score (nSPS) is 35.7. The number of piperidine rings is 1. The predicted molar refractivity (Wildman–Crippen MR) is 57.3 cm³/mol. The number of quaternary nitrogens is 1. The molecule has 2 N–H and O–H groups in total. The maximum absolute atomic E-state index is 11.2. The third-order valence-electron chi connectivity index (χ3n) is 4.10. The van der Waals surface area contributed by atoms with Crippen LogP contribution in [0.25, 0.3) is 0 Å². The van der Waals surface area contributed by atoms with Crippen molar-refractivity contribution in [3.8, 4) is 0 Å². The number of ether oxygens (including phenoxy) is 1. The van der Waals surface area contributed by atoms with Gasteiger partial charge in [0.05, 0.1) is 26.1 Å². The molecule has 2 aliphatic rings. The van der Waals surface area contributed by atoms with Crippen LogP contribution in [0.5, 0.6) is 0 Å². The molecule has 1 saturated heterocycles. The zero-order valence-electron chi connectivity index (χ0n) is 9.58. The topological polar surface area (TPSA) is 42.9 Å². The largest absolute Gasteiger partial charge is 0.469 e. The molecule has 1 aliphatic carbocycles. The van der Waals surface area contributed by atoms with Gasteiger partial charge < -0.3 is 10.1 Å². The van der Waals surface area contributed by atoms with E-state index in [1.165, 1.54) is 45.8 Å². The number of nitrogens with two attached hydrogens (primary N) is 1. The highest BCUT2D eigenvalue weighted by molar-refractivity contribution is 5.69. The van der Waals surface area contributed by atoms with E-state index in [4.69, 9.17) is 4.74 Å². The first-order chi connectivity index (χ1) is 7.29. The number of hydrogen-bond acceptors (Lipinski definition) is 2. The summed E-state index contributed by atoms with van der Waals surface area (Å²) in [5.74, 6) is 1.76. The van der Waals surface area contributed by atoms with E-state index in [1.54, 1.807) is 0 Å². The Morgan fingerprint density at radius 1 is 1.33 bits per heavy atom. The highest BCUT2D eigenvalue weighted by atomic mass is 16.5. The first-order valence-corrected chi connectivity index (χ1v) is 6.19. The minimum atomic E-state index is -0.0505. The van der Waals surface area contributed by atoms with Gasteiger partial charge in [0.25, 0.3) is 0 Å². The van der Waals surface area contributed by atoms with Crippen LogP contribution in [0.1, 0.15) is 38.5 Å². The first kappa shape index (κ1) is 10.9. The average Bonchev–Trinajstić information content (AvgIpc) is 2.29. The van der Waals surface area contributed by atoms with Gasteiger partial charge in [0, 0.05) is 12.3 Å². The summed E-state index contributed by atoms with van der Waals surface area (Å²) < 4.78 is 4.73. The fraction of sp³-hybridized carbons (Fsp3) is 0.917. The van der Waals surface area contributed by atoms with E-state index in [1.807, 2.05) is 0 Å². The van der Waals surface area contributed by atoms with E-state index < -0.39 is 0 Å². The van der Waals surface area contributed by atoms with E-state index in [2.05, 4.69) is 5.32 Å². The van der Waals surface area contributed by atoms with Crippen LogP contribution < -0.4 is 5.32 Å². The predicted octanol–water partition coefficient (Wildman–Crippen LogP) is 0.692. The lowest BCUT2D eigenvalue weighted by atomic mass is 9.73. The lowest BCUT2D eigenvalue weighted by Gasteiger charge is -2.37. The molecule has 15 heavy (non-hydrogen) atoms. The molecule has 86 valence electrons. The maximum Gasteiger partial charge on any atom is 0.311 e. The fourth-order valence-corrected chi connectivity index (χ4v) is 3.22. The van der Waals surface area contributed by atoms with Crippen LogP contribution in [0.2, 0.25) is 0 Å². The van der Waals surface area contributed by atoms with Gasteiger partial charge in [-0.3, -0.25) is 4.79 Å². The number of hydrogen-bond donors (Lipinski definition) is 1. The van der Waals surface area contributed by atoms with Gasteiger partial charge in [0.1, 0.15) is 0 Å². The second-order valence-corrected chi connectivity index (χ2v) is 5.05. The molecule has 0 aromatic heterocycles. The van der Waals surface area contributed by atoms with Crippen molar-refractivity contribution in [1.29, 1.82) is 0 Å². The highest BCUT2D eigenvalue weighted by Crippen LogP contribution is 2.33. The Morgan fingerprint density at radius 3 is 2.80 bits per heavy atom. The van der Waals surface area contributed by atoms with Crippen molar-refractivity contribution in [3.05, 3.63) is 0 Å². The van der Waals surface area contributed by atoms with Crippen LogP contribution >= 0.6 is 0 Å². The van der Waals surface area contributed by atoms with Crippen molar-refractivity contribution in [2.75, 3.05) is 13.7 Å². The minimum Gasteiger partial charge on any atom is -0.469 e. The highest BCUT2D eigenvalue weighted by Gasteiger charge is 2.35. The van der Waals surface area contributed by atoms with Crippen LogP contribution in [0.4, 0.5) is 0 Å². The van der Waals surface area contributed by atoms with Crippen molar-refractivity contribution in [1.82, 2.24) is 0 Å². The molecule has 3 heteroatoms. The second kappa shape index (κ2) is 4.97. The summed E-state index contributed by atoms with van der Waals surface area (Å²) in [5, 5.41) is 2.36. The molecule has 0 unspecified atom stereocenters. The third kappa shape index (κ3) is 2.71. The molecule has 1 aliphatic heterocycles. The summed E-state index contributed by atoms with van der Waals surface area (Å²) in [7, 11) is 1.48. The Balaban J connectivity index is 1.83. The van der Waals surface area contributed by atoms with E-state index in [-0.39, 0.29) is 5.97 Å². The molecule has 2 rings (SSSR count). The van der Waals surface area contributed by atoms with Crippen LogP contribution in [0.15, 0.2) is 0 Å². The number of rotatable bonds is 2. The third-order valence-corrected chi connectivity index (χ3v) is 4.10. The number of esters is 1. The summed E-state index contributed by atoms with van der Waals surface area (Å²) in [6.45, 7) is 1.23. The lowest BCUT2D eigenvalue weighted by molar-refractivity contribution is -0.706. The Morgan fingerprint density at radius 2 is 2.07 bits per heavy atom. The molecule has 3 nitrogen and oxygen atoms in total. The van der Waals surface area contributed by atoms with Crippen LogP contribution in [-0.2, 0) is 9.53 Å². The lowest BCUT2D eigenvalue weighted by Crippen LogP contribution is -2.93. The van der Waals surface area contributed by atoms with Gasteiger partial charge in [-0.2, -0.15) is 0 Å². The Kier molecular flexibility index (Phi) is 3.62. The van der Waals surface area contributed by atoms with Crippen molar-refractivity contribution in [3.63, 3.8) is 0 Å². The molecular formula is C12H22NO2+. The quantitative estimate of drug-likeness (QED) is 0.684. The van der Waals surface area contributed by atoms with Crippen molar-refractivity contribution < 1.29 is 14.8 Å². The van der Waals surface area contributed by atoms with Crippen LogP contribution in [0.3, 0.4) is 0 Å². The van der Waals surface area contributed by atoms with Gasteiger partial charge in [-0.25, -0.2) is 0 Å². The maximum atomic E-state index is 11.2. The van der Waals surface area contributed by atoms with E-state index in [0.29, 0.717) is 12.5 Å². The number of carbonyl (C=O) groups excluding carboxylic acids is 1. The van der Waals surface area contributed by atoms with Crippen LogP contribution in [0, 0.1) is 11.8 Å². The summed E-state index contributed by atoms with van der Waals surface area (Å²) in [5.41, 5.74) is 0. The van der Waals surface area contributed by atoms with Crippen molar-refractivity contribution >= 4 is 5.97 Å². The number of carbonyl (C=O) groups is 1. The van der Waals surface area contributed by atoms with E-state index in [9.17, 15) is 4.79 Å². The fourth-order valence-electron chi connectivity index (χ4n) is 3.22. The summed E-state index contributed by atoms with van der Waals surface area (Å²) >= 11 is 0. The molecule has 0 radical (unpaired) electrons.